The van der Waals surface area contributed by atoms with E-state index in [9.17, 15) is 14.0 Å². The summed E-state index contributed by atoms with van der Waals surface area (Å²) in [6, 6.07) is 9.67. The van der Waals surface area contributed by atoms with Crippen LogP contribution in [0.5, 0.6) is 5.75 Å². The number of hydrogen-bond acceptors (Lipinski definition) is 6. The van der Waals surface area contributed by atoms with Crippen LogP contribution in [0.15, 0.2) is 54.7 Å². The fourth-order valence-corrected chi connectivity index (χ4v) is 2.71. The normalized spacial score (nSPS) is 16.9. The van der Waals surface area contributed by atoms with E-state index in [2.05, 4.69) is 10.3 Å². The minimum absolute atomic E-state index is 0.190. The Kier molecular flexibility index (Phi) is 9.20. The number of rotatable bonds is 6. The highest BCUT2D eigenvalue weighted by Gasteiger charge is 2.29. The Morgan fingerprint density at radius 1 is 1.27 bits per heavy atom. The molecule has 1 aromatic carbocycles. The molecule has 2 aromatic rings. The monoisotopic (exact) mass is 438 g/mol. The zero-order chi connectivity index (χ0) is 21.9. The maximum absolute atomic E-state index is 13.2. The summed E-state index contributed by atoms with van der Waals surface area (Å²) >= 11 is 6.06. The van der Waals surface area contributed by atoms with Crippen LogP contribution in [0.2, 0.25) is 5.02 Å². The molecule has 1 aromatic heterocycles. The van der Waals surface area contributed by atoms with E-state index in [1.54, 1.807) is 6.20 Å². The van der Waals surface area contributed by atoms with Gasteiger partial charge in [0.2, 0.25) is 0 Å². The number of carboxylic acids is 2. The lowest BCUT2D eigenvalue weighted by Gasteiger charge is -2.31. The molecule has 10 heteroatoms. The summed E-state index contributed by atoms with van der Waals surface area (Å²) in [5.41, 5.74) is 0.747. The van der Waals surface area contributed by atoms with Crippen LogP contribution in [0.1, 0.15) is 11.8 Å². The van der Waals surface area contributed by atoms with Crippen molar-refractivity contribution in [1.82, 2.24) is 10.3 Å². The van der Waals surface area contributed by atoms with Gasteiger partial charge in [0, 0.05) is 31.4 Å². The zero-order valence-corrected chi connectivity index (χ0v) is 16.5. The van der Waals surface area contributed by atoms with Gasteiger partial charge in [0.15, 0.2) is 6.10 Å². The van der Waals surface area contributed by atoms with Crippen LogP contribution in [0, 0.1) is 5.82 Å². The van der Waals surface area contributed by atoms with Crippen LogP contribution in [0.3, 0.4) is 0 Å². The van der Waals surface area contributed by atoms with E-state index < -0.39 is 23.9 Å². The average Bonchev–Trinajstić information content (AvgIpc) is 2.73. The SMILES string of the molecule is Fc1ccc(O[C@@H](c2ccccn2)[C@@H]2CNCCO2)c(Cl)c1.O=C(O)/C=C/C(=O)O. The summed E-state index contributed by atoms with van der Waals surface area (Å²) in [6.07, 6.45) is 2.21. The molecule has 0 aliphatic carbocycles. The molecule has 1 fully saturated rings. The largest absolute Gasteiger partial charge is 0.480 e. The van der Waals surface area contributed by atoms with Crippen molar-refractivity contribution in [3.8, 4) is 5.75 Å². The molecule has 8 nitrogen and oxygen atoms in total. The fraction of sp³-hybridized carbons (Fsp3) is 0.250. The fourth-order valence-electron chi connectivity index (χ4n) is 2.50. The molecule has 0 amide bonds. The van der Waals surface area contributed by atoms with Gasteiger partial charge in [0.05, 0.1) is 17.3 Å². The van der Waals surface area contributed by atoms with Crippen molar-refractivity contribution >= 4 is 23.5 Å². The summed E-state index contributed by atoms with van der Waals surface area (Å²) in [6.45, 7) is 2.07. The summed E-state index contributed by atoms with van der Waals surface area (Å²) < 4.78 is 25.0. The number of morpholine rings is 1. The lowest BCUT2D eigenvalue weighted by molar-refractivity contribution is -0.134. The van der Waals surface area contributed by atoms with Gasteiger partial charge in [-0.2, -0.15) is 0 Å². The van der Waals surface area contributed by atoms with Crippen molar-refractivity contribution in [2.24, 2.45) is 0 Å². The highest BCUT2D eigenvalue weighted by atomic mass is 35.5. The Balaban J connectivity index is 0.000000343. The number of nitrogens with zero attached hydrogens (tertiary/aromatic N) is 1. The molecule has 2 atom stereocenters. The predicted octanol–water partition coefficient (Wildman–Crippen LogP) is 2.69. The first kappa shape index (κ1) is 23.3. The molecule has 30 heavy (non-hydrogen) atoms. The smallest absolute Gasteiger partial charge is 0.328 e. The maximum Gasteiger partial charge on any atom is 0.328 e. The molecular formula is C20H20ClFN2O6. The number of aliphatic carboxylic acids is 2. The van der Waals surface area contributed by atoms with E-state index in [1.807, 2.05) is 18.2 Å². The minimum Gasteiger partial charge on any atom is -0.480 e. The highest BCUT2D eigenvalue weighted by Crippen LogP contribution is 2.31. The predicted molar refractivity (Wildman–Crippen MR) is 106 cm³/mol. The number of ether oxygens (including phenoxy) is 2. The Morgan fingerprint density at radius 2 is 2.00 bits per heavy atom. The van der Waals surface area contributed by atoms with Crippen LogP contribution in [-0.4, -0.2) is 52.9 Å². The Hall–Kier alpha value is -3.01. The number of nitrogens with one attached hydrogen (secondary N) is 1. The standard InChI is InChI=1S/C16H16ClFN2O2.C4H4O4/c17-12-9-11(18)4-5-14(12)22-16(13-3-1-2-6-20-13)15-10-19-7-8-21-15;5-3(6)1-2-4(7)8/h1-6,9,15-16,19H,7-8,10H2;1-2H,(H,5,6)(H,7,8)/b;2-1+/t15-,16-;/m0./s1. The van der Waals surface area contributed by atoms with Gasteiger partial charge >= 0.3 is 11.9 Å². The summed E-state index contributed by atoms with van der Waals surface area (Å²) in [5, 5.41) is 19.1. The zero-order valence-electron chi connectivity index (χ0n) is 15.7. The third kappa shape index (κ3) is 7.78. The first-order valence-electron chi connectivity index (χ1n) is 8.85. The topological polar surface area (TPSA) is 118 Å². The number of pyridine rings is 1. The lowest BCUT2D eigenvalue weighted by atomic mass is 10.1. The first-order chi connectivity index (χ1) is 14.4. The molecule has 1 saturated heterocycles. The van der Waals surface area contributed by atoms with Crippen LogP contribution < -0.4 is 10.1 Å². The third-order valence-corrected chi connectivity index (χ3v) is 4.08. The van der Waals surface area contributed by atoms with Gasteiger partial charge in [-0.15, -0.1) is 0 Å². The lowest BCUT2D eigenvalue weighted by Crippen LogP contribution is -2.43. The molecule has 2 heterocycles. The number of carbonyl (C=O) groups is 2. The van der Waals surface area contributed by atoms with E-state index in [0.717, 1.165) is 12.2 Å². The van der Waals surface area contributed by atoms with E-state index in [-0.39, 0.29) is 11.1 Å². The number of benzene rings is 1. The van der Waals surface area contributed by atoms with Gasteiger partial charge < -0.3 is 25.0 Å². The number of aromatic nitrogens is 1. The van der Waals surface area contributed by atoms with Gasteiger partial charge in [0.1, 0.15) is 17.7 Å². The third-order valence-electron chi connectivity index (χ3n) is 3.79. The van der Waals surface area contributed by atoms with Gasteiger partial charge in [0.25, 0.3) is 0 Å². The average molecular weight is 439 g/mol. The van der Waals surface area contributed by atoms with Gasteiger partial charge in [-0.3, -0.25) is 4.98 Å². The quantitative estimate of drug-likeness (QED) is 0.589. The van der Waals surface area contributed by atoms with Crippen molar-refractivity contribution in [3.63, 3.8) is 0 Å². The molecule has 1 aliphatic rings. The van der Waals surface area contributed by atoms with E-state index in [0.29, 0.717) is 31.1 Å². The Morgan fingerprint density at radius 3 is 2.53 bits per heavy atom. The van der Waals surface area contributed by atoms with E-state index >= 15 is 0 Å². The second-order valence-electron chi connectivity index (χ2n) is 5.99. The highest BCUT2D eigenvalue weighted by molar-refractivity contribution is 6.32. The number of halogens is 2. The second kappa shape index (κ2) is 11.9. The molecule has 0 unspecified atom stereocenters. The van der Waals surface area contributed by atoms with Crippen molar-refractivity contribution in [2.45, 2.75) is 12.2 Å². The molecule has 3 N–H and O–H groups in total. The Bertz CT molecular complexity index is 859. The molecular weight excluding hydrogens is 419 g/mol. The number of carboxylic acid groups (broad SMARTS) is 2. The van der Waals surface area contributed by atoms with Gasteiger partial charge in [-0.05, 0) is 30.3 Å². The molecule has 3 rings (SSSR count). The van der Waals surface area contributed by atoms with Crippen LogP contribution >= 0.6 is 11.6 Å². The summed E-state index contributed by atoms with van der Waals surface area (Å²) in [4.78, 5) is 23.5. The van der Waals surface area contributed by atoms with Crippen molar-refractivity contribution < 1.29 is 33.7 Å². The molecule has 0 saturated carbocycles. The molecule has 160 valence electrons. The van der Waals surface area contributed by atoms with Gasteiger partial charge in [-0.25, -0.2) is 14.0 Å². The van der Waals surface area contributed by atoms with Crippen LogP contribution in [0.25, 0.3) is 0 Å². The molecule has 0 spiro atoms. The molecule has 0 bridgehead atoms. The van der Waals surface area contributed by atoms with Crippen molar-refractivity contribution in [2.75, 3.05) is 19.7 Å². The minimum atomic E-state index is -1.26. The van der Waals surface area contributed by atoms with E-state index in [4.69, 9.17) is 31.3 Å². The van der Waals surface area contributed by atoms with Crippen molar-refractivity contribution in [1.29, 1.82) is 0 Å². The van der Waals surface area contributed by atoms with E-state index in [1.165, 1.54) is 18.2 Å². The summed E-state index contributed by atoms with van der Waals surface area (Å²) in [5.74, 6) is -2.50. The number of hydrogen-bond donors (Lipinski definition) is 3. The van der Waals surface area contributed by atoms with Crippen molar-refractivity contribution in [3.05, 3.63) is 71.3 Å². The van der Waals surface area contributed by atoms with Gasteiger partial charge in [-0.1, -0.05) is 17.7 Å². The maximum atomic E-state index is 13.2. The molecule has 0 radical (unpaired) electrons. The Labute approximate surface area is 176 Å². The molecule has 1 aliphatic heterocycles. The van der Waals surface area contributed by atoms with Crippen LogP contribution in [0.4, 0.5) is 4.39 Å². The summed E-state index contributed by atoms with van der Waals surface area (Å²) in [7, 11) is 0. The second-order valence-corrected chi connectivity index (χ2v) is 6.40. The van der Waals surface area contributed by atoms with Crippen LogP contribution in [-0.2, 0) is 14.3 Å². The first-order valence-corrected chi connectivity index (χ1v) is 9.23.